The molecule has 2 aromatic rings. The summed E-state index contributed by atoms with van der Waals surface area (Å²) in [5.41, 5.74) is 0.549. The Labute approximate surface area is 134 Å². The van der Waals surface area contributed by atoms with Gasteiger partial charge in [-0.15, -0.1) is 0 Å². The van der Waals surface area contributed by atoms with Gasteiger partial charge in [-0.25, -0.2) is 4.98 Å². The summed E-state index contributed by atoms with van der Waals surface area (Å²) in [6.45, 7) is 4.49. The summed E-state index contributed by atoms with van der Waals surface area (Å²) in [4.78, 5) is 16.4. The van der Waals surface area contributed by atoms with Crippen molar-refractivity contribution >= 4 is 16.7 Å². The minimum absolute atomic E-state index is 0.114. The maximum Gasteiger partial charge on any atom is 0.257 e. The number of aromatic nitrogens is 1. The van der Waals surface area contributed by atoms with Crippen molar-refractivity contribution in [1.82, 2.24) is 15.6 Å². The van der Waals surface area contributed by atoms with Crippen LogP contribution >= 0.6 is 0 Å². The quantitative estimate of drug-likeness (QED) is 0.902. The number of ether oxygens (including phenoxy) is 2. The highest BCUT2D eigenvalue weighted by atomic mass is 16.5. The fraction of sp³-hybridized carbons (Fsp3) is 0.412. The number of nitrogens with zero attached hydrogens (tertiary/aromatic N) is 1. The van der Waals surface area contributed by atoms with Crippen LogP contribution in [0.3, 0.4) is 0 Å². The van der Waals surface area contributed by atoms with Crippen LogP contribution in [0.15, 0.2) is 24.4 Å². The summed E-state index contributed by atoms with van der Waals surface area (Å²) >= 11 is 0. The van der Waals surface area contributed by atoms with Gasteiger partial charge in [0.25, 0.3) is 5.91 Å². The molecule has 2 aliphatic heterocycles. The number of rotatable bonds is 3. The molecule has 2 N–H and O–H groups in total. The highest BCUT2D eigenvalue weighted by molar-refractivity contribution is 6.03. The van der Waals surface area contributed by atoms with E-state index < -0.39 is 0 Å². The smallest absolute Gasteiger partial charge is 0.257 e. The minimum Gasteiger partial charge on any atom is -0.477 e. The summed E-state index contributed by atoms with van der Waals surface area (Å²) in [7, 11) is 0. The molecule has 6 heteroatoms. The number of pyridine rings is 1. The van der Waals surface area contributed by atoms with Crippen LogP contribution in [0.25, 0.3) is 10.8 Å². The number of benzene rings is 1. The van der Waals surface area contributed by atoms with Crippen LogP contribution in [0.1, 0.15) is 23.7 Å². The molecule has 1 saturated heterocycles. The molecule has 23 heavy (non-hydrogen) atoms. The zero-order chi connectivity index (χ0) is 15.8. The topological polar surface area (TPSA) is 72.5 Å². The molecular weight excluding hydrogens is 294 g/mol. The predicted molar refractivity (Wildman–Crippen MR) is 85.8 cm³/mol. The predicted octanol–water partition coefficient (Wildman–Crippen LogP) is 1.69. The fourth-order valence-electron chi connectivity index (χ4n) is 3.10. The van der Waals surface area contributed by atoms with E-state index in [9.17, 15) is 4.79 Å². The van der Waals surface area contributed by atoms with E-state index in [2.05, 4.69) is 15.6 Å². The summed E-state index contributed by atoms with van der Waals surface area (Å²) < 4.78 is 11.7. The van der Waals surface area contributed by atoms with Gasteiger partial charge in [-0.3, -0.25) is 4.79 Å². The second kappa shape index (κ2) is 5.70. The number of fused-ring (bicyclic) bond motifs is 2. The molecule has 1 aromatic heterocycles. The Morgan fingerprint density at radius 1 is 1.43 bits per heavy atom. The largest absolute Gasteiger partial charge is 0.477 e. The molecule has 0 spiro atoms. The monoisotopic (exact) mass is 313 g/mol. The van der Waals surface area contributed by atoms with E-state index in [0.717, 1.165) is 30.3 Å². The number of hydrogen-bond acceptors (Lipinski definition) is 5. The second-order valence-electron chi connectivity index (χ2n) is 6.09. The molecule has 4 rings (SSSR count). The van der Waals surface area contributed by atoms with Gasteiger partial charge in [0.15, 0.2) is 6.23 Å². The first-order chi connectivity index (χ1) is 11.2. The first-order valence-corrected chi connectivity index (χ1v) is 7.94. The number of amides is 1. The van der Waals surface area contributed by atoms with Gasteiger partial charge in [-0.2, -0.15) is 0 Å². The molecular formula is C17H19N3O3. The van der Waals surface area contributed by atoms with Crippen molar-refractivity contribution < 1.29 is 14.3 Å². The zero-order valence-corrected chi connectivity index (χ0v) is 13.0. The Balaban J connectivity index is 1.68. The van der Waals surface area contributed by atoms with Gasteiger partial charge in [-0.1, -0.05) is 0 Å². The van der Waals surface area contributed by atoms with Crippen molar-refractivity contribution in [2.75, 3.05) is 19.7 Å². The zero-order valence-electron chi connectivity index (χ0n) is 13.0. The van der Waals surface area contributed by atoms with Gasteiger partial charge in [0.05, 0.1) is 12.2 Å². The summed E-state index contributed by atoms with van der Waals surface area (Å²) in [5.74, 6) is 1.58. The average Bonchev–Trinajstić information content (AvgIpc) is 3.05. The Morgan fingerprint density at radius 3 is 3.17 bits per heavy atom. The SMILES string of the molecule is CC1NC(=O)c2cc3ccnc(OC[C@@H]4CCNC4)c3cc2O1. The molecule has 0 bridgehead atoms. The Bertz CT molecular complexity index is 756. The van der Waals surface area contributed by atoms with Crippen LogP contribution in [-0.2, 0) is 0 Å². The van der Waals surface area contributed by atoms with Crippen LogP contribution < -0.4 is 20.1 Å². The Hall–Kier alpha value is -2.34. The van der Waals surface area contributed by atoms with Crippen molar-refractivity contribution in [3.63, 3.8) is 0 Å². The van der Waals surface area contributed by atoms with Gasteiger partial charge in [0.1, 0.15) is 5.75 Å². The van der Waals surface area contributed by atoms with Crippen LogP contribution in [0.5, 0.6) is 11.6 Å². The first-order valence-electron chi connectivity index (χ1n) is 7.94. The number of carbonyl (C=O) groups excluding carboxylic acids is 1. The Morgan fingerprint density at radius 2 is 2.35 bits per heavy atom. The molecule has 2 aliphatic rings. The number of carbonyl (C=O) groups is 1. The van der Waals surface area contributed by atoms with Crippen molar-refractivity contribution in [2.45, 2.75) is 19.6 Å². The lowest BCUT2D eigenvalue weighted by atomic mass is 10.1. The lowest BCUT2D eigenvalue weighted by Crippen LogP contribution is -2.41. The highest BCUT2D eigenvalue weighted by Crippen LogP contribution is 2.33. The maximum absolute atomic E-state index is 12.1. The first kappa shape index (κ1) is 14.3. The fourth-order valence-corrected chi connectivity index (χ4v) is 3.10. The molecule has 6 nitrogen and oxygen atoms in total. The third-order valence-corrected chi connectivity index (χ3v) is 4.33. The number of hydrogen-bond donors (Lipinski definition) is 2. The summed E-state index contributed by atoms with van der Waals surface area (Å²) in [5, 5.41) is 7.89. The van der Waals surface area contributed by atoms with Crippen LogP contribution in [-0.4, -0.2) is 36.8 Å². The third-order valence-electron chi connectivity index (χ3n) is 4.33. The maximum atomic E-state index is 12.1. The van der Waals surface area contributed by atoms with E-state index in [0.29, 0.717) is 29.7 Å². The highest BCUT2D eigenvalue weighted by Gasteiger charge is 2.24. The average molecular weight is 313 g/mol. The van der Waals surface area contributed by atoms with Gasteiger partial charge in [-0.05, 0) is 43.5 Å². The standard InChI is InChI=1S/C17H19N3O3/c1-10-20-16(21)14-6-12-3-5-19-17(13(12)7-15(14)23-10)22-9-11-2-4-18-8-11/h3,5-7,10-11,18H,2,4,8-9H2,1H3,(H,20,21)/t10?,11-/m1/s1. The number of nitrogens with one attached hydrogen (secondary N) is 2. The van der Waals surface area contributed by atoms with E-state index in [1.165, 1.54) is 0 Å². The van der Waals surface area contributed by atoms with Gasteiger partial charge in [0, 0.05) is 24.0 Å². The molecule has 1 fully saturated rings. The lowest BCUT2D eigenvalue weighted by Gasteiger charge is -2.24. The molecule has 120 valence electrons. The molecule has 3 heterocycles. The van der Waals surface area contributed by atoms with Gasteiger partial charge >= 0.3 is 0 Å². The minimum atomic E-state index is -0.335. The molecule has 1 unspecified atom stereocenters. The molecule has 1 aromatic carbocycles. The van der Waals surface area contributed by atoms with E-state index >= 15 is 0 Å². The summed E-state index contributed by atoms with van der Waals surface area (Å²) in [6.07, 6.45) is 2.50. The van der Waals surface area contributed by atoms with Crippen molar-refractivity contribution in [1.29, 1.82) is 0 Å². The molecule has 1 amide bonds. The van der Waals surface area contributed by atoms with Gasteiger partial charge in [0.2, 0.25) is 5.88 Å². The molecule has 0 aliphatic carbocycles. The van der Waals surface area contributed by atoms with Crippen molar-refractivity contribution in [3.05, 3.63) is 30.0 Å². The van der Waals surface area contributed by atoms with E-state index in [1.807, 2.05) is 18.2 Å². The third kappa shape index (κ3) is 2.70. The summed E-state index contributed by atoms with van der Waals surface area (Å²) in [6, 6.07) is 5.57. The van der Waals surface area contributed by atoms with Crippen molar-refractivity contribution in [2.24, 2.45) is 5.92 Å². The Kier molecular flexibility index (Phi) is 3.53. The van der Waals surface area contributed by atoms with Crippen molar-refractivity contribution in [3.8, 4) is 11.6 Å². The van der Waals surface area contributed by atoms with E-state index in [4.69, 9.17) is 9.47 Å². The van der Waals surface area contributed by atoms with Crippen LogP contribution in [0.4, 0.5) is 0 Å². The molecule has 0 saturated carbocycles. The second-order valence-corrected chi connectivity index (χ2v) is 6.09. The van der Waals surface area contributed by atoms with Crippen LogP contribution in [0, 0.1) is 5.92 Å². The normalized spacial score (nSPS) is 23.3. The molecule has 2 atom stereocenters. The van der Waals surface area contributed by atoms with E-state index in [1.54, 1.807) is 13.1 Å². The molecule has 0 radical (unpaired) electrons. The van der Waals surface area contributed by atoms with Gasteiger partial charge < -0.3 is 20.1 Å². The van der Waals surface area contributed by atoms with E-state index in [-0.39, 0.29) is 12.1 Å². The van der Waals surface area contributed by atoms with Crippen LogP contribution in [0.2, 0.25) is 0 Å². The lowest BCUT2D eigenvalue weighted by molar-refractivity contribution is 0.0789.